The van der Waals surface area contributed by atoms with Crippen LogP contribution in [0, 0.1) is 10.1 Å². The average Bonchev–Trinajstić information content (AvgIpc) is 3.05. The highest BCUT2D eigenvalue weighted by molar-refractivity contribution is 5.92. The van der Waals surface area contributed by atoms with Crippen LogP contribution in [-0.4, -0.2) is 17.8 Å². The summed E-state index contributed by atoms with van der Waals surface area (Å²) in [4.78, 5) is 21.8. The van der Waals surface area contributed by atoms with Crippen LogP contribution in [0.5, 0.6) is 5.75 Å². The van der Waals surface area contributed by atoms with Gasteiger partial charge in [0.1, 0.15) is 18.1 Å². The molecule has 3 rings (SSSR count). The topological polar surface area (TPSA) is 78.7 Å². The molecule has 0 saturated carbocycles. The molecule has 0 spiro atoms. The summed E-state index contributed by atoms with van der Waals surface area (Å²) in [6.45, 7) is 0.324. The number of ether oxygens (including phenoxy) is 2. The highest BCUT2D eigenvalue weighted by atomic mass is 16.6. The molecule has 1 aliphatic rings. The summed E-state index contributed by atoms with van der Waals surface area (Å²) in [5.41, 5.74) is 2.37. The maximum Gasteiger partial charge on any atom is 0.270 e. The number of hydrogen-bond donors (Lipinski definition) is 0. The van der Waals surface area contributed by atoms with Crippen LogP contribution >= 0.6 is 0 Å². The van der Waals surface area contributed by atoms with E-state index >= 15 is 0 Å². The van der Waals surface area contributed by atoms with Gasteiger partial charge < -0.3 is 9.47 Å². The van der Waals surface area contributed by atoms with E-state index in [0.29, 0.717) is 36.5 Å². The lowest BCUT2D eigenvalue weighted by molar-refractivity contribution is -0.384. The van der Waals surface area contributed by atoms with Crippen molar-refractivity contribution in [1.29, 1.82) is 0 Å². The molecule has 6 heteroatoms. The summed E-state index contributed by atoms with van der Waals surface area (Å²) in [7, 11) is 1.56. The Morgan fingerprint density at radius 3 is 2.68 bits per heavy atom. The largest absolute Gasteiger partial charge is 0.496 e. The zero-order chi connectivity index (χ0) is 17.8. The van der Waals surface area contributed by atoms with Gasteiger partial charge in [-0.15, -0.1) is 0 Å². The smallest absolute Gasteiger partial charge is 0.270 e. The van der Waals surface area contributed by atoms with Gasteiger partial charge in [0.05, 0.1) is 12.0 Å². The van der Waals surface area contributed by atoms with Gasteiger partial charge in [0.15, 0.2) is 5.78 Å². The number of nitrogens with zero attached hydrogens (tertiary/aromatic N) is 1. The molecule has 0 aromatic heterocycles. The Morgan fingerprint density at radius 2 is 2.00 bits per heavy atom. The first-order valence-corrected chi connectivity index (χ1v) is 7.85. The van der Waals surface area contributed by atoms with Crippen LogP contribution in [0.3, 0.4) is 0 Å². The van der Waals surface area contributed by atoms with E-state index in [9.17, 15) is 14.9 Å². The second kappa shape index (κ2) is 7.17. The lowest BCUT2D eigenvalue weighted by atomic mass is 10.0. The van der Waals surface area contributed by atoms with Crippen molar-refractivity contribution in [3.05, 3.63) is 70.0 Å². The summed E-state index contributed by atoms with van der Waals surface area (Å²) in [5, 5.41) is 11.0. The van der Waals surface area contributed by atoms with Gasteiger partial charge in [-0.3, -0.25) is 14.9 Å². The minimum atomic E-state index is -0.424. The fourth-order valence-electron chi connectivity index (χ4n) is 2.72. The first kappa shape index (κ1) is 16.7. The third-order valence-corrected chi connectivity index (χ3v) is 4.00. The van der Waals surface area contributed by atoms with Crippen molar-refractivity contribution < 1.29 is 19.2 Å². The van der Waals surface area contributed by atoms with Crippen LogP contribution in [0.2, 0.25) is 0 Å². The van der Waals surface area contributed by atoms with Gasteiger partial charge in [-0.2, -0.15) is 0 Å². The molecule has 0 bridgehead atoms. The van der Waals surface area contributed by atoms with Gasteiger partial charge in [0.25, 0.3) is 5.69 Å². The molecule has 0 radical (unpaired) electrons. The molecular weight excluding hydrogens is 322 g/mol. The molecule has 25 heavy (non-hydrogen) atoms. The number of nitro groups is 1. The van der Waals surface area contributed by atoms with Crippen LogP contribution in [0.4, 0.5) is 5.69 Å². The summed E-state index contributed by atoms with van der Waals surface area (Å²) < 4.78 is 11.1. The monoisotopic (exact) mass is 339 g/mol. The molecule has 6 nitrogen and oxygen atoms in total. The molecule has 0 atom stereocenters. The first-order chi connectivity index (χ1) is 12.1. The van der Waals surface area contributed by atoms with Crippen molar-refractivity contribution in [1.82, 2.24) is 0 Å². The second-order valence-corrected chi connectivity index (χ2v) is 5.71. The third kappa shape index (κ3) is 3.85. The summed E-state index contributed by atoms with van der Waals surface area (Å²) >= 11 is 0. The van der Waals surface area contributed by atoms with E-state index in [4.69, 9.17) is 9.47 Å². The first-order valence-electron chi connectivity index (χ1n) is 7.85. The van der Waals surface area contributed by atoms with Crippen LogP contribution in [-0.2, 0) is 16.1 Å². The van der Waals surface area contributed by atoms with Crippen LogP contribution in [0.15, 0.2) is 54.3 Å². The van der Waals surface area contributed by atoms with Gasteiger partial charge in [-0.05, 0) is 23.3 Å². The Balaban J connectivity index is 1.87. The molecule has 0 fully saturated rings. The number of carbonyl (C=O) groups is 1. The predicted molar refractivity (Wildman–Crippen MR) is 92.2 cm³/mol. The van der Waals surface area contributed by atoms with E-state index in [1.165, 1.54) is 18.2 Å². The van der Waals surface area contributed by atoms with E-state index in [1.54, 1.807) is 25.3 Å². The van der Waals surface area contributed by atoms with E-state index < -0.39 is 4.92 Å². The fourth-order valence-corrected chi connectivity index (χ4v) is 2.72. The lowest BCUT2D eigenvalue weighted by Gasteiger charge is -2.12. The predicted octanol–water partition coefficient (Wildman–Crippen LogP) is 4.03. The van der Waals surface area contributed by atoms with Crippen molar-refractivity contribution >= 4 is 11.5 Å². The summed E-state index contributed by atoms with van der Waals surface area (Å²) in [6, 6.07) is 12.0. The number of ketones is 1. The number of hydrogen-bond acceptors (Lipinski definition) is 5. The lowest BCUT2D eigenvalue weighted by Crippen LogP contribution is -1.95. The Bertz CT molecular complexity index is 857. The van der Waals surface area contributed by atoms with Gasteiger partial charge in [-0.25, -0.2) is 0 Å². The zero-order valence-electron chi connectivity index (χ0n) is 13.7. The van der Waals surface area contributed by atoms with Crippen LogP contribution in [0.25, 0.3) is 11.1 Å². The second-order valence-electron chi connectivity index (χ2n) is 5.71. The molecule has 2 aromatic rings. The molecule has 0 unspecified atom stereocenters. The molecule has 0 amide bonds. The van der Waals surface area contributed by atoms with Gasteiger partial charge in [-0.1, -0.05) is 18.2 Å². The summed E-state index contributed by atoms with van der Waals surface area (Å²) in [6.07, 6.45) is 2.66. The van der Waals surface area contributed by atoms with E-state index in [2.05, 4.69) is 0 Å². The number of benzene rings is 2. The van der Waals surface area contributed by atoms with Crippen molar-refractivity contribution in [2.45, 2.75) is 19.4 Å². The standard InChI is InChI=1S/C19H17NO5/c1-24-19-8-5-13(12-25-17-7-6-16(21)11-17)9-18(19)14-3-2-4-15(10-14)20(22)23/h2-5,8-11H,6-7,12H2,1H3. The Kier molecular flexibility index (Phi) is 4.79. The number of methoxy groups -OCH3 is 1. The molecule has 0 heterocycles. The molecule has 1 aliphatic carbocycles. The van der Waals surface area contributed by atoms with E-state index in [-0.39, 0.29) is 11.5 Å². The number of carbonyl (C=O) groups excluding carboxylic acids is 1. The molecule has 128 valence electrons. The maximum atomic E-state index is 11.2. The molecule has 0 saturated heterocycles. The van der Waals surface area contributed by atoms with Gasteiger partial charge in [0, 0.05) is 36.6 Å². The molecular formula is C19H17NO5. The molecule has 0 aliphatic heterocycles. The van der Waals surface area contributed by atoms with Crippen molar-refractivity contribution in [2.75, 3.05) is 7.11 Å². The van der Waals surface area contributed by atoms with Gasteiger partial charge >= 0.3 is 0 Å². The highest BCUT2D eigenvalue weighted by Crippen LogP contribution is 2.33. The van der Waals surface area contributed by atoms with E-state index in [0.717, 1.165) is 11.1 Å². The highest BCUT2D eigenvalue weighted by Gasteiger charge is 2.15. The van der Waals surface area contributed by atoms with Gasteiger partial charge in [0.2, 0.25) is 0 Å². The normalized spacial score (nSPS) is 13.5. The quantitative estimate of drug-likeness (QED) is 0.586. The van der Waals surface area contributed by atoms with Crippen LogP contribution in [0.1, 0.15) is 18.4 Å². The minimum absolute atomic E-state index is 0.0239. The van der Waals surface area contributed by atoms with Crippen LogP contribution < -0.4 is 4.74 Å². The van der Waals surface area contributed by atoms with Crippen molar-refractivity contribution in [2.24, 2.45) is 0 Å². The fraction of sp³-hybridized carbons (Fsp3) is 0.211. The zero-order valence-corrected chi connectivity index (χ0v) is 13.7. The number of non-ortho nitro benzene ring substituents is 1. The third-order valence-electron chi connectivity index (χ3n) is 4.00. The molecule has 2 aromatic carbocycles. The SMILES string of the molecule is COc1ccc(COC2=CC(=O)CC2)cc1-c1cccc([N+](=O)[O-])c1. The van der Waals surface area contributed by atoms with Crippen molar-refractivity contribution in [3.8, 4) is 16.9 Å². The Morgan fingerprint density at radius 1 is 1.16 bits per heavy atom. The number of nitro benzene ring substituents is 1. The maximum absolute atomic E-state index is 11.2. The number of rotatable bonds is 6. The Hall–Kier alpha value is -3.15. The van der Waals surface area contributed by atoms with Crippen molar-refractivity contribution in [3.63, 3.8) is 0 Å². The minimum Gasteiger partial charge on any atom is -0.496 e. The summed E-state index contributed by atoms with van der Waals surface area (Å²) in [5.74, 6) is 1.40. The number of allylic oxidation sites excluding steroid dienone is 2. The van der Waals surface area contributed by atoms with E-state index in [1.807, 2.05) is 12.1 Å². The molecule has 0 N–H and O–H groups in total. The Labute approximate surface area is 144 Å². The average molecular weight is 339 g/mol.